The third kappa shape index (κ3) is 6.43. The van der Waals surface area contributed by atoms with Crippen LogP contribution >= 0.6 is 11.8 Å². The number of rotatable bonds is 8. The van der Waals surface area contributed by atoms with Crippen LogP contribution < -0.4 is 5.32 Å². The Morgan fingerprint density at radius 1 is 1.33 bits per heavy atom. The Labute approximate surface area is 116 Å². The molecule has 1 aliphatic rings. The first kappa shape index (κ1) is 16.3. The molecular weight excluding hydrogens is 266 g/mol. The smallest absolute Gasteiger partial charge is 0.150 e. The molecule has 1 fully saturated rings. The summed E-state index contributed by atoms with van der Waals surface area (Å²) >= 11 is 2.06. The summed E-state index contributed by atoms with van der Waals surface area (Å²) in [4.78, 5) is 0. The average molecular weight is 293 g/mol. The van der Waals surface area contributed by atoms with Gasteiger partial charge in [-0.1, -0.05) is 6.92 Å². The van der Waals surface area contributed by atoms with Gasteiger partial charge < -0.3 is 5.32 Å². The van der Waals surface area contributed by atoms with E-state index in [-0.39, 0.29) is 5.75 Å². The Balaban J connectivity index is 2.24. The van der Waals surface area contributed by atoms with Gasteiger partial charge in [0, 0.05) is 11.8 Å². The summed E-state index contributed by atoms with van der Waals surface area (Å²) in [7, 11) is -0.791. The molecule has 0 saturated carbocycles. The van der Waals surface area contributed by atoms with Crippen molar-refractivity contribution in [3.63, 3.8) is 0 Å². The summed E-state index contributed by atoms with van der Waals surface area (Å²) in [6, 6.07) is 0.491. The van der Waals surface area contributed by atoms with E-state index in [1.807, 2.05) is 7.05 Å². The molecule has 0 amide bonds. The van der Waals surface area contributed by atoms with Crippen LogP contribution in [0, 0.1) is 5.92 Å². The van der Waals surface area contributed by atoms with E-state index in [1.54, 1.807) is 6.92 Å². The zero-order valence-electron chi connectivity index (χ0n) is 11.7. The van der Waals surface area contributed by atoms with Crippen LogP contribution in [0.1, 0.15) is 39.0 Å². The van der Waals surface area contributed by atoms with Gasteiger partial charge in [-0.05, 0) is 56.6 Å². The van der Waals surface area contributed by atoms with Crippen LogP contribution in [-0.4, -0.2) is 44.5 Å². The van der Waals surface area contributed by atoms with E-state index < -0.39 is 9.84 Å². The van der Waals surface area contributed by atoms with Crippen LogP contribution in [0.15, 0.2) is 0 Å². The third-order valence-corrected chi connectivity index (χ3v) is 6.65. The van der Waals surface area contributed by atoms with Crippen LogP contribution in [0.2, 0.25) is 0 Å². The minimum absolute atomic E-state index is 0.275. The summed E-state index contributed by atoms with van der Waals surface area (Å²) in [5, 5.41) is 3.35. The second-order valence-corrected chi connectivity index (χ2v) is 8.85. The molecule has 108 valence electrons. The molecule has 3 nitrogen and oxygen atoms in total. The standard InChI is InChI=1S/C13H27NO2S2/c1-3-18(15,16)10-4-5-13(14-2)11-12-6-8-17-9-7-12/h12-14H,3-11H2,1-2H3. The minimum Gasteiger partial charge on any atom is -0.317 e. The second-order valence-electron chi connectivity index (χ2n) is 5.16. The lowest BCUT2D eigenvalue weighted by Gasteiger charge is -2.26. The van der Waals surface area contributed by atoms with Crippen LogP contribution in [0.5, 0.6) is 0 Å². The van der Waals surface area contributed by atoms with Gasteiger partial charge in [0.25, 0.3) is 0 Å². The van der Waals surface area contributed by atoms with E-state index in [2.05, 4.69) is 17.1 Å². The zero-order chi connectivity index (χ0) is 13.4. The quantitative estimate of drug-likeness (QED) is 0.746. The maximum absolute atomic E-state index is 11.4. The SMILES string of the molecule is CCS(=O)(=O)CCCC(CC1CCSCC1)NC. The van der Waals surface area contributed by atoms with Crippen molar-refractivity contribution in [3.05, 3.63) is 0 Å². The number of thioether (sulfide) groups is 1. The first-order valence-electron chi connectivity index (χ1n) is 7.03. The first-order valence-corrected chi connectivity index (χ1v) is 10.0. The largest absolute Gasteiger partial charge is 0.317 e. The van der Waals surface area contributed by atoms with Crippen LogP contribution in [0.3, 0.4) is 0 Å². The van der Waals surface area contributed by atoms with E-state index in [0.29, 0.717) is 11.8 Å². The lowest BCUT2D eigenvalue weighted by molar-refractivity contribution is 0.363. The van der Waals surface area contributed by atoms with Crippen molar-refractivity contribution < 1.29 is 8.42 Å². The molecule has 1 heterocycles. The van der Waals surface area contributed by atoms with Gasteiger partial charge in [-0.15, -0.1) is 0 Å². The van der Waals surface area contributed by atoms with Crippen molar-refractivity contribution in [2.24, 2.45) is 5.92 Å². The molecule has 1 unspecified atom stereocenters. The van der Waals surface area contributed by atoms with Gasteiger partial charge in [-0.25, -0.2) is 8.42 Å². The van der Waals surface area contributed by atoms with Gasteiger partial charge in [0.05, 0.1) is 5.75 Å². The highest BCUT2D eigenvalue weighted by Gasteiger charge is 2.18. The van der Waals surface area contributed by atoms with Gasteiger partial charge in [-0.2, -0.15) is 11.8 Å². The van der Waals surface area contributed by atoms with Crippen LogP contribution in [0.4, 0.5) is 0 Å². The number of sulfone groups is 1. The van der Waals surface area contributed by atoms with Crippen molar-refractivity contribution in [3.8, 4) is 0 Å². The number of nitrogens with one attached hydrogen (secondary N) is 1. The molecule has 1 aliphatic heterocycles. The van der Waals surface area contributed by atoms with Crippen LogP contribution in [0.25, 0.3) is 0 Å². The molecule has 0 spiro atoms. The molecule has 0 bridgehead atoms. The maximum Gasteiger partial charge on any atom is 0.150 e. The highest BCUT2D eigenvalue weighted by molar-refractivity contribution is 7.99. The van der Waals surface area contributed by atoms with Crippen molar-refractivity contribution >= 4 is 21.6 Å². The van der Waals surface area contributed by atoms with Gasteiger partial charge in [0.2, 0.25) is 0 Å². The summed E-state index contributed by atoms with van der Waals surface area (Å²) in [5.74, 6) is 4.06. The molecule has 1 saturated heterocycles. The van der Waals surface area contributed by atoms with Gasteiger partial charge in [-0.3, -0.25) is 0 Å². The van der Waals surface area contributed by atoms with Crippen LogP contribution in [-0.2, 0) is 9.84 Å². The summed E-state index contributed by atoms with van der Waals surface area (Å²) in [6.45, 7) is 1.73. The van der Waals surface area contributed by atoms with Crippen molar-refractivity contribution in [2.75, 3.05) is 30.1 Å². The molecule has 0 radical (unpaired) electrons. The minimum atomic E-state index is -2.79. The molecule has 1 rings (SSSR count). The van der Waals surface area contributed by atoms with Gasteiger partial charge >= 0.3 is 0 Å². The Bertz CT molecular complexity index is 311. The normalized spacial score (nSPS) is 19.9. The third-order valence-electron chi connectivity index (χ3n) is 3.81. The van der Waals surface area contributed by atoms with Crippen molar-refractivity contribution in [1.29, 1.82) is 0 Å². The topological polar surface area (TPSA) is 46.2 Å². The molecule has 0 aromatic rings. The molecule has 0 aromatic heterocycles. The molecule has 0 aliphatic carbocycles. The number of hydrogen-bond donors (Lipinski definition) is 1. The maximum atomic E-state index is 11.4. The lowest BCUT2D eigenvalue weighted by atomic mass is 9.92. The summed E-state index contributed by atoms with van der Waals surface area (Å²) in [5.41, 5.74) is 0. The van der Waals surface area contributed by atoms with Crippen molar-refractivity contribution in [2.45, 2.75) is 45.1 Å². The Kier molecular flexibility index (Phi) is 7.64. The van der Waals surface area contributed by atoms with E-state index in [1.165, 1.54) is 30.8 Å². The molecule has 1 N–H and O–H groups in total. The average Bonchev–Trinajstić information content (AvgIpc) is 2.38. The van der Waals surface area contributed by atoms with E-state index in [9.17, 15) is 8.42 Å². The van der Waals surface area contributed by atoms with E-state index in [0.717, 1.165) is 18.8 Å². The molecule has 0 aromatic carbocycles. The van der Waals surface area contributed by atoms with Gasteiger partial charge in [0.1, 0.15) is 9.84 Å². The summed E-state index contributed by atoms with van der Waals surface area (Å²) < 4.78 is 22.9. The fraction of sp³-hybridized carbons (Fsp3) is 1.00. The lowest BCUT2D eigenvalue weighted by Crippen LogP contribution is -2.29. The second kappa shape index (κ2) is 8.43. The Morgan fingerprint density at radius 2 is 2.00 bits per heavy atom. The first-order chi connectivity index (χ1) is 8.57. The Morgan fingerprint density at radius 3 is 2.56 bits per heavy atom. The monoisotopic (exact) mass is 293 g/mol. The number of hydrogen-bond acceptors (Lipinski definition) is 4. The van der Waals surface area contributed by atoms with Crippen molar-refractivity contribution in [1.82, 2.24) is 5.32 Å². The van der Waals surface area contributed by atoms with Gasteiger partial charge in [0.15, 0.2) is 0 Å². The highest BCUT2D eigenvalue weighted by atomic mass is 32.2. The fourth-order valence-corrected chi connectivity index (χ4v) is 4.56. The van der Waals surface area contributed by atoms with E-state index >= 15 is 0 Å². The predicted octanol–water partition coefficient (Wildman–Crippen LogP) is 2.32. The zero-order valence-corrected chi connectivity index (χ0v) is 13.3. The highest BCUT2D eigenvalue weighted by Crippen LogP contribution is 2.27. The Hall–Kier alpha value is 0.260. The summed E-state index contributed by atoms with van der Waals surface area (Å²) in [6.07, 6.45) is 5.65. The molecule has 1 atom stereocenters. The molecular formula is C13H27NO2S2. The fourth-order valence-electron chi connectivity index (χ4n) is 2.46. The molecule has 5 heteroatoms. The predicted molar refractivity (Wildman–Crippen MR) is 81.1 cm³/mol. The van der Waals surface area contributed by atoms with E-state index in [4.69, 9.17) is 0 Å². The molecule has 18 heavy (non-hydrogen) atoms.